The first-order valence-electron chi connectivity index (χ1n) is 3.43. The molecule has 0 bridgehead atoms. The van der Waals surface area contributed by atoms with E-state index < -0.39 is 11.8 Å². The molecule has 1 aromatic rings. The highest BCUT2D eigenvalue weighted by atomic mass is 16.6. The third-order valence-corrected chi connectivity index (χ3v) is 1.36. The molecular formula is C9H5O4. The highest BCUT2D eigenvalue weighted by Gasteiger charge is 2.17. The zero-order valence-corrected chi connectivity index (χ0v) is 6.52. The van der Waals surface area contributed by atoms with Gasteiger partial charge in [0.15, 0.2) is 0 Å². The van der Waals surface area contributed by atoms with Crippen LogP contribution in [0.15, 0.2) is 30.3 Å². The lowest BCUT2D eigenvalue weighted by Crippen LogP contribution is -2.16. The van der Waals surface area contributed by atoms with E-state index in [-0.39, 0.29) is 5.56 Å². The highest BCUT2D eigenvalue weighted by molar-refractivity contribution is 6.41. The average Bonchev–Trinajstić information content (AvgIpc) is 2.18. The van der Waals surface area contributed by atoms with Crippen LogP contribution in [0.4, 0.5) is 0 Å². The second-order valence-corrected chi connectivity index (χ2v) is 2.17. The molecule has 0 aromatic heterocycles. The van der Waals surface area contributed by atoms with Gasteiger partial charge in [0, 0.05) is 5.56 Å². The lowest BCUT2D eigenvalue weighted by Gasteiger charge is -1.95. The predicted octanol–water partition coefficient (Wildman–Crippen LogP) is 0.480. The molecule has 0 saturated heterocycles. The van der Waals surface area contributed by atoms with Crippen LogP contribution in [0.25, 0.3) is 0 Å². The Kier molecular flexibility index (Phi) is 2.92. The normalized spacial score (nSPS) is 8.92. The van der Waals surface area contributed by atoms with Crippen molar-refractivity contribution in [3.8, 4) is 0 Å². The van der Waals surface area contributed by atoms with Crippen LogP contribution < -0.4 is 0 Å². The quantitative estimate of drug-likeness (QED) is 0.291. The maximum Gasteiger partial charge on any atom is 0.425 e. The molecule has 0 amide bonds. The summed E-state index contributed by atoms with van der Waals surface area (Å²) < 4.78 is 3.76. The number of Topliss-reactive ketones (excluding diaryl/α,β-unsaturated/α-hetero) is 1. The van der Waals surface area contributed by atoms with Crippen molar-refractivity contribution in [1.29, 1.82) is 0 Å². The van der Waals surface area contributed by atoms with Gasteiger partial charge in [-0.3, -0.25) is 4.79 Å². The van der Waals surface area contributed by atoms with Crippen LogP contribution in [0.2, 0.25) is 0 Å². The van der Waals surface area contributed by atoms with Gasteiger partial charge in [-0.25, -0.2) is 9.59 Å². The van der Waals surface area contributed by atoms with E-state index >= 15 is 0 Å². The fraction of sp³-hybridized carbons (Fsp3) is 0. The van der Waals surface area contributed by atoms with Crippen LogP contribution >= 0.6 is 0 Å². The number of ether oxygens (including phenoxy) is 1. The summed E-state index contributed by atoms with van der Waals surface area (Å²) in [5, 5.41) is 0. The standard InChI is InChI=1S/C9H5O4/c10-6-13-9(12)8(11)7-4-2-1-3-5-7/h1-5H. The minimum absolute atomic E-state index is 0.183. The second kappa shape index (κ2) is 4.15. The summed E-state index contributed by atoms with van der Waals surface area (Å²) in [6, 6.07) is 7.81. The summed E-state index contributed by atoms with van der Waals surface area (Å²) >= 11 is 0. The van der Waals surface area contributed by atoms with Crippen LogP contribution in [-0.4, -0.2) is 18.2 Å². The van der Waals surface area contributed by atoms with Gasteiger partial charge in [0.2, 0.25) is 0 Å². The molecule has 0 fully saturated rings. The van der Waals surface area contributed by atoms with Gasteiger partial charge in [-0.15, -0.1) is 0 Å². The second-order valence-electron chi connectivity index (χ2n) is 2.17. The third-order valence-electron chi connectivity index (χ3n) is 1.36. The van der Waals surface area contributed by atoms with Gasteiger partial charge in [0.1, 0.15) is 0 Å². The van der Waals surface area contributed by atoms with Crippen LogP contribution in [0.5, 0.6) is 0 Å². The van der Waals surface area contributed by atoms with Gasteiger partial charge in [-0.1, -0.05) is 30.3 Å². The Hall–Kier alpha value is -1.97. The first kappa shape index (κ1) is 9.12. The van der Waals surface area contributed by atoms with Crippen LogP contribution in [0, 0.1) is 0 Å². The number of esters is 1. The molecule has 1 radical (unpaired) electrons. The maximum absolute atomic E-state index is 11.1. The zero-order valence-electron chi connectivity index (χ0n) is 6.52. The summed E-state index contributed by atoms with van der Waals surface area (Å²) in [4.78, 5) is 31.4. The van der Waals surface area contributed by atoms with Crippen molar-refractivity contribution in [3.05, 3.63) is 35.9 Å². The summed E-state index contributed by atoms with van der Waals surface area (Å²) in [5.41, 5.74) is 0.183. The Bertz CT molecular complexity index is 329. The summed E-state index contributed by atoms with van der Waals surface area (Å²) in [6.45, 7) is 0.898. The number of rotatable bonds is 3. The third kappa shape index (κ3) is 2.23. The molecular weight excluding hydrogens is 172 g/mol. The maximum atomic E-state index is 11.1. The van der Waals surface area contributed by atoms with Gasteiger partial charge < -0.3 is 4.74 Å². The monoisotopic (exact) mass is 177 g/mol. The molecule has 0 aliphatic heterocycles. The fourth-order valence-corrected chi connectivity index (χ4v) is 0.792. The predicted molar refractivity (Wildman–Crippen MR) is 42.6 cm³/mol. The molecule has 0 spiro atoms. The minimum atomic E-state index is -1.22. The molecule has 0 unspecified atom stereocenters. The van der Waals surface area contributed by atoms with E-state index in [0.29, 0.717) is 0 Å². The Labute approximate surface area is 74.1 Å². The van der Waals surface area contributed by atoms with E-state index in [9.17, 15) is 14.4 Å². The van der Waals surface area contributed by atoms with Crippen LogP contribution in [0.3, 0.4) is 0 Å². The van der Waals surface area contributed by atoms with Gasteiger partial charge >= 0.3 is 12.4 Å². The SMILES string of the molecule is O=[C]OC(=O)C(=O)c1ccccc1. The molecule has 0 aliphatic rings. The van der Waals surface area contributed by atoms with Gasteiger partial charge in [-0.2, -0.15) is 0 Å². The number of hydrogen-bond donors (Lipinski definition) is 0. The average molecular weight is 177 g/mol. The smallest absolute Gasteiger partial charge is 0.378 e. The van der Waals surface area contributed by atoms with E-state index in [2.05, 4.69) is 4.74 Å². The van der Waals surface area contributed by atoms with Crippen molar-refractivity contribution in [2.24, 2.45) is 0 Å². The Balaban J connectivity index is 2.80. The van der Waals surface area contributed by atoms with E-state index in [1.807, 2.05) is 0 Å². The summed E-state index contributed by atoms with van der Waals surface area (Å²) in [7, 11) is 0. The molecule has 0 aliphatic carbocycles. The number of benzene rings is 1. The summed E-state index contributed by atoms with van der Waals surface area (Å²) in [5.74, 6) is -2.08. The molecule has 4 heteroatoms. The van der Waals surface area contributed by atoms with Crippen LogP contribution in [-0.2, 0) is 14.3 Å². The van der Waals surface area contributed by atoms with E-state index in [1.54, 1.807) is 18.2 Å². The molecule has 65 valence electrons. The van der Waals surface area contributed by atoms with Gasteiger partial charge in [-0.05, 0) is 0 Å². The molecule has 13 heavy (non-hydrogen) atoms. The Morgan fingerprint density at radius 3 is 2.31 bits per heavy atom. The van der Waals surface area contributed by atoms with E-state index in [1.165, 1.54) is 12.1 Å². The fourth-order valence-electron chi connectivity index (χ4n) is 0.792. The Morgan fingerprint density at radius 2 is 1.77 bits per heavy atom. The zero-order chi connectivity index (χ0) is 9.68. The molecule has 0 heterocycles. The van der Waals surface area contributed by atoms with Crippen molar-refractivity contribution in [2.75, 3.05) is 0 Å². The van der Waals surface area contributed by atoms with Crippen LogP contribution in [0.1, 0.15) is 10.4 Å². The van der Waals surface area contributed by atoms with Crippen molar-refractivity contribution in [3.63, 3.8) is 0 Å². The van der Waals surface area contributed by atoms with Crippen molar-refractivity contribution in [1.82, 2.24) is 0 Å². The minimum Gasteiger partial charge on any atom is -0.378 e. The summed E-state index contributed by atoms with van der Waals surface area (Å²) in [6.07, 6.45) is 0. The number of carbonyl (C=O) groups is 2. The van der Waals surface area contributed by atoms with Crippen molar-refractivity contribution >= 4 is 18.2 Å². The largest absolute Gasteiger partial charge is 0.425 e. The molecule has 0 N–H and O–H groups in total. The molecule has 1 rings (SSSR count). The van der Waals surface area contributed by atoms with Gasteiger partial charge in [0.25, 0.3) is 5.78 Å². The first-order valence-corrected chi connectivity index (χ1v) is 3.43. The first-order chi connectivity index (χ1) is 6.25. The Morgan fingerprint density at radius 1 is 1.15 bits per heavy atom. The topological polar surface area (TPSA) is 60.4 Å². The highest BCUT2D eigenvalue weighted by Crippen LogP contribution is 2.00. The number of carbonyl (C=O) groups excluding carboxylic acids is 3. The number of hydrogen-bond acceptors (Lipinski definition) is 4. The van der Waals surface area contributed by atoms with Gasteiger partial charge in [0.05, 0.1) is 0 Å². The van der Waals surface area contributed by atoms with Crippen molar-refractivity contribution < 1.29 is 19.1 Å². The van der Waals surface area contributed by atoms with Crippen molar-refractivity contribution in [2.45, 2.75) is 0 Å². The molecule has 1 aromatic carbocycles. The van der Waals surface area contributed by atoms with E-state index in [0.717, 1.165) is 6.47 Å². The molecule has 0 saturated carbocycles. The molecule has 0 atom stereocenters. The lowest BCUT2D eigenvalue weighted by molar-refractivity contribution is -0.130. The van der Waals surface area contributed by atoms with E-state index in [4.69, 9.17) is 0 Å². The number of ketones is 1. The lowest BCUT2D eigenvalue weighted by atomic mass is 10.1. The molecule has 4 nitrogen and oxygen atoms in total.